The maximum absolute atomic E-state index is 11.3. The molecular weight excluding hydrogens is 226 g/mol. The van der Waals surface area contributed by atoms with E-state index >= 15 is 0 Å². The molecule has 1 heterocycles. The van der Waals surface area contributed by atoms with Crippen LogP contribution in [-0.2, 0) is 11.3 Å². The molecule has 0 fully saturated rings. The van der Waals surface area contributed by atoms with Crippen molar-refractivity contribution in [2.24, 2.45) is 5.41 Å². The molecule has 4 N–H and O–H groups in total. The van der Waals surface area contributed by atoms with Crippen LogP contribution in [0.15, 0.2) is 6.33 Å². The van der Waals surface area contributed by atoms with Gasteiger partial charge in [-0.1, -0.05) is 0 Å². The van der Waals surface area contributed by atoms with Crippen molar-refractivity contribution < 1.29 is 14.7 Å². The van der Waals surface area contributed by atoms with Crippen LogP contribution in [0.5, 0.6) is 0 Å². The number of aliphatic carboxylic acids is 1. The van der Waals surface area contributed by atoms with Gasteiger partial charge in [0.25, 0.3) is 0 Å². The normalized spacial score (nSPS) is 10.9. The van der Waals surface area contributed by atoms with Crippen molar-refractivity contribution in [1.82, 2.24) is 25.8 Å². The number of carboxylic acids is 1. The number of hydrogen-bond acceptors (Lipinski definition) is 4. The maximum Gasteiger partial charge on any atom is 0.315 e. The Balaban J connectivity index is 2.28. The number of nitrogens with one attached hydrogen (secondary N) is 3. The minimum absolute atomic E-state index is 0.0462. The zero-order valence-electron chi connectivity index (χ0n) is 9.65. The highest BCUT2D eigenvalue weighted by molar-refractivity contribution is 5.77. The van der Waals surface area contributed by atoms with Crippen molar-refractivity contribution in [2.75, 3.05) is 6.54 Å². The van der Waals surface area contributed by atoms with Gasteiger partial charge in [-0.05, 0) is 13.8 Å². The molecule has 0 saturated carbocycles. The summed E-state index contributed by atoms with van der Waals surface area (Å²) in [6.45, 7) is 3.32. The summed E-state index contributed by atoms with van der Waals surface area (Å²) in [6, 6.07) is -0.448. The number of carbonyl (C=O) groups excluding carboxylic acids is 1. The molecule has 1 rings (SSSR count). The summed E-state index contributed by atoms with van der Waals surface area (Å²) in [4.78, 5) is 25.9. The van der Waals surface area contributed by atoms with Gasteiger partial charge in [-0.3, -0.25) is 9.89 Å². The molecular formula is C9H15N5O3. The van der Waals surface area contributed by atoms with Crippen LogP contribution in [0.4, 0.5) is 4.79 Å². The van der Waals surface area contributed by atoms with Gasteiger partial charge in [0, 0.05) is 6.54 Å². The molecule has 0 aromatic carbocycles. The van der Waals surface area contributed by atoms with Gasteiger partial charge in [0.2, 0.25) is 0 Å². The summed E-state index contributed by atoms with van der Waals surface area (Å²) >= 11 is 0. The van der Waals surface area contributed by atoms with Crippen molar-refractivity contribution in [3.05, 3.63) is 12.2 Å². The lowest BCUT2D eigenvalue weighted by Crippen LogP contribution is -2.43. The lowest BCUT2D eigenvalue weighted by molar-refractivity contribution is -0.146. The summed E-state index contributed by atoms with van der Waals surface area (Å²) in [7, 11) is 0. The van der Waals surface area contributed by atoms with Crippen LogP contribution in [0.1, 0.15) is 19.7 Å². The van der Waals surface area contributed by atoms with Crippen LogP contribution < -0.4 is 10.6 Å². The van der Waals surface area contributed by atoms with Crippen molar-refractivity contribution in [3.8, 4) is 0 Å². The molecule has 0 aliphatic carbocycles. The highest BCUT2D eigenvalue weighted by Gasteiger charge is 2.27. The summed E-state index contributed by atoms with van der Waals surface area (Å²) in [5.74, 6) is -0.439. The number of carbonyl (C=O) groups is 2. The standard InChI is InChI=1S/C9H15N5O3/c1-9(2,7(15)16)4-11-8(17)10-3-6-12-5-13-14-6/h5H,3-4H2,1-2H3,(H,15,16)(H2,10,11,17)(H,12,13,14). The highest BCUT2D eigenvalue weighted by Crippen LogP contribution is 2.12. The second kappa shape index (κ2) is 5.28. The van der Waals surface area contributed by atoms with Crippen molar-refractivity contribution in [2.45, 2.75) is 20.4 Å². The Bertz CT molecular complexity index is 387. The smallest absolute Gasteiger partial charge is 0.315 e. The number of rotatable bonds is 5. The van der Waals surface area contributed by atoms with Crippen molar-refractivity contribution in [1.29, 1.82) is 0 Å². The SMILES string of the molecule is CC(C)(CNC(=O)NCc1ncn[nH]1)C(=O)O. The third kappa shape index (κ3) is 4.09. The first kappa shape index (κ1) is 12.9. The van der Waals surface area contributed by atoms with E-state index in [0.29, 0.717) is 5.82 Å². The van der Waals surface area contributed by atoms with Crippen molar-refractivity contribution in [3.63, 3.8) is 0 Å². The van der Waals surface area contributed by atoms with Crippen LogP contribution in [-0.4, -0.2) is 38.8 Å². The molecule has 1 aromatic rings. The van der Waals surface area contributed by atoms with E-state index in [1.165, 1.54) is 20.2 Å². The average molecular weight is 241 g/mol. The Morgan fingerprint density at radius 3 is 2.71 bits per heavy atom. The number of aromatic nitrogens is 3. The molecule has 2 amide bonds. The highest BCUT2D eigenvalue weighted by atomic mass is 16.4. The van der Waals surface area contributed by atoms with Crippen LogP contribution >= 0.6 is 0 Å². The van der Waals surface area contributed by atoms with Crippen molar-refractivity contribution >= 4 is 12.0 Å². The molecule has 0 unspecified atom stereocenters. The fraction of sp³-hybridized carbons (Fsp3) is 0.556. The molecule has 94 valence electrons. The van der Waals surface area contributed by atoms with Crippen LogP contribution in [0.25, 0.3) is 0 Å². The molecule has 0 atom stereocenters. The molecule has 0 aliphatic heterocycles. The minimum atomic E-state index is -0.996. The predicted octanol–water partition coefficient (Wildman–Crippen LogP) is -0.285. The number of hydrogen-bond donors (Lipinski definition) is 4. The quantitative estimate of drug-likeness (QED) is 0.565. The van der Waals surface area contributed by atoms with E-state index in [9.17, 15) is 9.59 Å². The number of H-pyrrole nitrogens is 1. The van der Waals surface area contributed by atoms with Gasteiger partial charge in [-0.15, -0.1) is 0 Å². The third-order valence-electron chi connectivity index (χ3n) is 2.15. The zero-order valence-corrected chi connectivity index (χ0v) is 9.65. The van der Waals surface area contributed by atoms with Gasteiger partial charge in [-0.25, -0.2) is 9.78 Å². The average Bonchev–Trinajstić information content (AvgIpc) is 2.76. The number of aromatic amines is 1. The molecule has 0 spiro atoms. The van der Waals surface area contributed by atoms with Gasteiger partial charge in [0.15, 0.2) is 0 Å². The Hall–Kier alpha value is -2.12. The monoisotopic (exact) mass is 241 g/mol. The van der Waals surface area contributed by atoms with Gasteiger partial charge >= 0.3 is 12.0 Å². The first-order chi connectivity index (χ1) is 7.92. The van der Waals surface area contributed by atoms with E-state index < -0.39 is 17.4 Å². The molecule has 0 radical (unpaired) electrons. The topological polar surface area (TPSA) is 120 Å². The summed E-state index contributed by atoms with van der Waals surface area (Å²) < 4.78 is 0. The first-order valence-corrected chi connectivity index (χ1v) is 5.01. The molecule has 0 bridgehead atoms. The van der Waals surface area contributed by atoms with E-state index in [-0.39, 0.29) is 13.1 Å². The lowest BCUT2D eigenvalue weighted by Gasteiger charge is -2.19. The predicted molar refractivity (Wildman–Crippen MR) is 58.0 cm³/mol. The second-order valence-corrected chi connectivity index (χ2v) is 4.16. The maximum atomic E-state index is 11.3. The van der Waals surface area contributed by atoms with E-state index in [4.69, 9.17) is 5.11 Å². The zero-order chi connectivity index (χ0) is 12.9. The van der Waals surface area contributed by atoms with Gasteiger partial charge in [0.05, 0.1) is 12.0 Å². The summed E-state index contributed by atoms with van der Waals surface area (Å²) in [5.41, 5.74) is -0.996. The number of carboxylic acid groups (broad SMARTS) is 1. The minimum Gasteiger partial charge on any atom is -0.481 e. The largest absolute Gasteiger partial charge is 0.481 e. The Morgan fingerprint density at radius 1 is 1.47 bits per heavy atom. The molecule has 17 heavy (non-hydrogen) atoms. The molecule has 0 aliphatic rings. The van der Waals surface area contributed by atoms with Crippen LogP contribution in [0, 0.1) is 5.41 Å². The molecule has 8 nitrogen and oxygen atoms in total. The van der Waals surface area contributed by atoms with Gasteiger partial charge < -0.3 is 15.7 Å². The van der Waals surface area contributed by atoms with E-state index in [0.717, 1.165) is 0 Å². The van der Waals surface area contributed by atoms with E-state index in [2.05, 4.69) is 25.8 Å². The lowest BCUT2D eigenvalue weighted by atomic mass is 9.94. The first-order valence-electron chi connectivity index (χ1n) is 5.01. The van der Waals surface area contributed by atoms with Gasteiger partial charge in [-0.2, -0.15) is 5.10 Å². The number of urea groups is 1. The second-order valence-electron chi connectivity index (χ2n) is 4.16. The Kier molecular flexibility index (Phi) is 4.02. The fourth-order valence-electron chi connectivity index (χ4n) is 0.919. The van der Waals surface area contributed by atoms with E-state index in [1.807, 2.05) is 0 Å². The Morgan fingerprint density at radius 2 is 2.18 bits per heavy atom. The molecule has 8 heteroatoms. The van der Waals surface area contributed by atoms with Gasteiger partial charge in [0.1, 0.15) is 12.2 Å². The number of amides is 2. The fourth-order valence-corrected chi connectivity index (χ4v) is 0.919. The molecule has 0 saturated heterocycles. The third-order valence-corrected chi connectivity index (χ3v) is 2.15. The van der Waals surface area contributed by atoms with E-state index in [1.54, 1.807) is 0 Å². The van der Waals surface area contributed by atoms with Crippen LogP contribution in [0.3, 0.4) is 0 Å². The number of nitrogens with zero attached hydrogens (tertiary/aromatic N) is 2. The Labute approximate surface area is 97.8 Å². The summed E-state index contributed by atoms with van der Waals surface area (Å²) in [6.07, 6.45) is 1.34. The molecule has 1 aromatic heterocycles. The summed E-state index contributed by atoms with van der Waals surface area (Å²) in [5, 5.41) is 20.0. The van der Waals surface area contributed by atoms with Crippen LogP contribution in [0.2, 0.25) is 0 Å².